The Hall–Kier alpha value is -3.66. The SMILES string of the molecule is CCc1cc2ccc(Oc3ccccc3N)cc2c(CC)c1Oc1ccccc1N. The monoisotopic (exact) mass is 398 g/mol. The number of ether oxygens (including phenoxy) is 2. The molecule has 4 rings (SSSR count). The number of fused-ring (bicyclic) bond motifs is 1. The molecule has 0 amide bonds. The summed E-state index contributed by atoms with van der Waals surface area (Å²) in [5.41, 5.74) is 15.7. The van der Waals surface area contributed by atoms with Gasteiger partial charge in [-0.15, -0.1) is 0 Å². The number of para-hydroxylation sites is 4. The third-order valence-corrected chi connectivity index (χ3v) is 5.26. The molecule has 152 valence electrons. The first kappa shape index (κ1) is 19.6. The minimum absolute atomic E-state index is 0.609. The van der Waals surface area contributed by atoms with Crippen LogP contribution < -0.4 is 20.9 Å². The van der Waals surface area contributed by atoms with E-state index < -0.39 is 0 Å². The Kier molecular flexibility index (Phi) is 5.48. The van der Waals surface area contributed by atoms with E-state index in [0.29, 0.717) is 22.9 Å². The zero-order valence-corrected chi connectivity index (χ0v) is 17.3. The van der Waals surface area contributed by atoms with Gasteiger partial charge < -0.3 is 20.9 Å². The number of hydrogen-bond acceptors (Lipinski definition) is 4. The molecule has 0 aliphatic heterocycles. The molecule has 0 spiro atoms. The Balaban J connectivity index is 1.82. The summed E-state index contributed by atoms with van der Waals surface area (Å²) in [5.74, 6) is 2.94. The fourth-order valence-corrected chi connectivity index (χ4v) is 3.68. The molecule has 0 radical (unpaired) electrons. The topological polar surface area (TPSA) is 70.5 Å². The van der Waals surface area contributed by atoms with Crippen LogP contribution in [0.2, 0.25) is 0 Å². The summed E-state index contributed by atoms with van der Waals surface area (Å²) in [4.78, 5) is 0. The van der Waals surface area contributed by atoms with Gasteiger partial charge in [-0.3, -0.25) is 0 Å². The highest BCUT2D eigenvalue weighted by molar-refractivity contribution is 5.90. The lowest BCUT2D eigenvalue weighted by atomic mass is 9.96. The maximum Gasteiger partial charge on any atom is 0.150 e. The van der Waals surface area contributed by atoms with Gasteiger partial charge in [0.1, 0.15) is 23.0 Å². The Morgan fingerprint density at radius 2 is 1.33 bits per heavy atom. The molecule has 0 fully saturated rings. The average Bonchev–Trinajstić information content (AvgIpc) is 2.76. The predicted octanol–water partition coefficient (Wildman–Crippen LogP) is 6.71. The van der Waals surface area contributed by atoms with Crippen molar-refractivity contribution in [2.75, 3.05) is 11.5 Å². The lowest BCUT2D eigenvalue weighted by Crippen LogP contribution is -2.00. The van der Waals surface area contributed by atoms with Gasteiger partial charge in [-0.2, -0.15) is 0 Å². The second-order valence-electron chi connectivity index (χ2n) is 7.21. The van der Waals surface area contributed by atoms with Crippen LogP contribution in [0.3, 0.4) is 0 Å². The van der Waals surface area contributed by atoms with E-state index in [0.717, 1.165) is 46.2 Å². The smallest absolute Gasteiger partial charge is 0.150 e. The van der Waals surface area contributed by atoms with E-state index in [4.69, 9.17) is 20.9 Å². The molecule has 0 unspecified atom stereocenters. The Morgan fingerprint density at radius 1 is 0.700 bits per heavy atom. The molecule has 4 heteroatoms. The van der Waals surface area contributed by atoms with Crippen molar-refractivity contribution in [1.29, 1.82) is 0 Å². The number of benzene rings is 4. The normalized spacial score (nSPS) is 10.9. The maximum atomic E-state index is 6.35. The second kappa shape index (κ2) is 8.37. The lowest BCUT2D eigenvalue weighted by Gasteiger charge is -2.19. The zero-order valence-electron chi connectivity index (χ0n) is 17.3. The quantitative estimate of drug-likeness (QED) is 0.354. The maximum absolute atomic E-state index is 6.35. The Morgan fingerprint density at radius 3 is 1.93 bits per heavy atom. The summed E-state index contributed by atoms with van der Waals surface area (Å²) in [5, 5.41) is 2.26. The molecule has 0 atom stereocenters. The first-order valence-electron chi connectivity index (χ1n) is 10.2. The van der Waals surface area contributed by atoms with Crippen molar-refractivity contribution >= 4 is 22.1 Å². The van der Waals surface area contributed by atoms with E-state index in [1.807, 2.05) is 54.6 Å². The summed E-state index contributed by atoms with van der Waals surface area (Å²) in [6, 6.07) is 23.4. The Labute approximate surface area is 177 Å². The number of rotatable bonds is 6. The summed E-state index contributed by atoms with van der Waals surface area (Å²) in [7, 11) is 0. The Bertz CT molecular complexity index is 1200. The van der Waals surface area contributed by atoms with Gasteiger partial charge in [0.25, 0.3) is 0 Å². The molecule has 0 aliphatic carbocycles. The highest BCUT2D eigenvalue weighted by atomic mass is 16.5. The number of hydrogen-bond donors (Lipinski definition) is 2. The molecular weight excluding hydrogens is 372 g/mol. The van der Waals surface area contributed by atoms with Gasteiger partial charge in [0.15, 0.2) is 0 Å². The molecule has 30 heavy (non-hydrogen) atoms. The van der Waals surface area contributed by atoms with E-state index in [1.54, 1.807) is 0 Å². The van der Waals surface area contributed by atoms with Crippen LogP contribution in [0.4, 0.5) is 11.4 Å². The van der Waals surface area contributed by atoms with Gasteiger partial charge in [0, 0.05) is 5.56 Å². The summed E-state index contributed by atoms with van der Waals surface area (Å²) < 4.78 is 12.4. The molecule has 4 nitrogen and oxygen atoms in total. The molecule has 4 N–H and O–H groups in total. The summed E-state index contributed by atoms with van der Waals surface area (Å²) in [6.45, 7) is 4.27. The van der Waals surface area contributed by atoms with E-state index in [1.165, 1.54) is 0 Å². The molecule has 0 heterocycles. The van der Waals surface area contributed by atoms with E-state index >= 15 is 0 Å². The fraction of sp³-hybridized carbons (Fsp3) is 0.154. The molecule has 0 saturated carbocycles. The van der Waals surface area contributed by atoms with E-state index in [-0.39, 0.29) is 0 Å². The molecular formula is C26H26N2O2. The fourth-order valence-electron chi connectivity index (χ4n) is 3.68. The van der Waals surface area contributed by atoms with Crippen molar-refractivity contribution in [3.63, 3.8) is 0 Å². The van der Waals surface area contributed by atoms with Crippen LogP contribution in [0.25, 0.3) is 10.8 Å². The minimum atomic E-state index is 0.609. The first-order chi connectivity index (χ1) is 14.6. The third-order valence-electron chi connectivity index (χ3n) is 5.26. The van der Waals surface area contributed by atoms with Crippen LogP contribution in [-0.2, 0) is 12.8 Å². The molecule has 0 bridgehead atoms. The molecule has 4 aromatic carbocycles. The van der Waals surface area contributed by atoms with Crippen LogP contribution in [0.5, 0.6) is 23.0 Å². The van der Waals surface area contributed by atoms with Gasteiger partial charge in [-0.25, -0.2) is 0 Å². The number of nitrogens with two attached hydrogens (primary N) is 2. The van der Waals surface area contributed by atoms with Gasteiger partial charge in [0.2, 0.25) is 0 Å². The van der Waals surface area contributed by atoms with Crippen LogP contribution in [-0.4, -0.2) is 0 Å². The molecule has 0 saturated heterocycles. The first-order valence-corrected chi connectivity index (χ1v) is 10.2. The van der Waals surface area contributed by atoms with E-state index in [9.17, 15) is 0 Å². The molecule has 4 aromatic rings. The van der Waals surface area contributed by atoms with Gasteiger partial charge in [-0.05, 0) is 71.6 Å². The van der Waals surface area contributed by atoms with Crippen LogP contribution in [0.15, 0.2) is 72.8 Å². The van der Waals surface area contributed by atoms with Crippen molar-refractivity contribution in [1.82, 2.24) is 0 Å². The van der Waals surface area contributed by atoms with Crippen molar-refractivity contribution in [2.45, 2.75) is 26.7 Å². The number of nitrogen functional groups attached to an aromatic ring is 2. The molecule has 0 aromatic heterocycles. The van der Waals surface area contributed by atoms with Gasteiger partial charge in [0.05, 0.1) is 11.4 Å². The second-order valence-corrected chi connectivity index (χ2v) is 7.21. The third kappa shape index (κ3) is 3.77. The summed E-state index contributed by atoms with van der Waals surface area (Å²) >= 11 is 0. The highest BCUT2D eigenvalue weighted by Crippen LogP contribution is 2.39. The largest absolute Gasteiger partial charge is 0.455 e. The lowest BCUT2D eigenvalue weighted by molar-refractivity contribution is 0.474. The highest BCUT2D eigenvalue weighted by Gasteiger charge is 2.16. The van der Waals surface area contributed by atoms with Gasteiger partial charge >= 0.3 is 0 Å². The zero-order chi connectivity index (χ0) is 21.1. The van der Waals surface area contributed by atoms with Crippen molar-refractivity contribution in [2.24, 2.45) is 0 Å². The van der Waals surface area contributed by atoms with Crippen molar-refractivity contribution in [3.05, 3.63) is 83.9 Å². The van der Waals surface area contributed by atoms with Crippen molar-refractivity contribution < 1.29 is 9.47 Å². The molecule has 0 aliphatic rings. The number of aryl methyl sites for hydroxylation is 2. The van der Waals surface area contributed by atoms with Crippen LogP contribution >= 0.6 is 0 Å². The van der Waals surface area contributed by atoms with E-state index in [2.05, 4.69) is 32.0 Å². The van der Waals surface area contributed by atoms with Crippen LogP contribution in [0.1, 0.15) is 25.0 Å². The summed E-state index contributed by atoms with van der Waals surface area (Å²) in [6.07, 6.45) is 1.69. The van der Waals surface area contributed by atoms with Gasteiger partial charge in [-0.1, -0.05) is 44.2 Å². The predicted molar refractivity (Wildman–Crippen MR) is 125 cm³/mol. The number of anilines is 2. The van der Waals surface area contributed by atoms with Crippen molar-refractivity contribution in [3.8, 4) is 23.0 Å². The standard InChI is InChI=1S/C26H26N2O2/c1-3-17-15-18-13-14-19(29-24-11-7-5-9-22(24)27)16-21(18)20(4-2)26(17)30-25-12-8-6-10-23(25)28/h5-16H,3-4,27-28H2,1-2H3. The average molecular weight is 399 g/mol. The minimum Gasteiger partial charge on any atom is -0.455 e. The van der Waals surface area contributed by atoms with Crippen LogP contribution in [0, 0.1) is 0 Å².